The second-order valence-electron chi connectivity index (χ2n) is 3.87. The number of rotatable bonds is 2. The Morgan fingerprint density at radius 2 is 2.16 bits per heavy atom. The van der Waals surface area contributed by atoms with E-state index in [9.17, 15) is 4.39 Å². The van der Waals surface area contributed by atoms with Crippen molar-refractivity contribution in [3.63, 3.8) is 0 Å². The molecule has 0 spiro atoms. The maximum atomic E-state index is 14.0. The van der Waals surface area contributed by atoms with Gasteiger partial charge in [-0.1, -0.05) is 22.8 Å². The highest BCUT2D eigenvalue weighted by molar-refractivity contribution is 7.13. The van der Waals surface area contributed by atoms with Crippen molar-refractivity contribution in [1.29, 1.82) is 0 Å². The summed E-state index contributed by atoms with van der Waals surface area (Å²) in [5, 5.41) is 6.09. The molecule has 3 aromatic rings. The highest BCUT2D eigenvalue weighted by atomic mass is 35.5. The minimum atomic E-state index is -0.460. The van der Waals surface area contributed by atoms with E-state index < -0.39 is 5.82 Å². The molecule has 3 nitrogen and oxygen atoms in total. The van der Waals surface area contributed by atoms with Crippen molar-refractivity contribution >= 4 is 28.8 Å². The topological polar surface area (TPSA) is 52.0 Å². The number of thiophene rings is 1. The van der Waals surface area contributed by atoms with E-state index in [1.165, 1.54) is 17.4 Å². The van der Waals surface area contributed by atoms with Gasteiger partial charge >= 0.3 is 0 Å². The maximum Gasteiger partial charge on any atom is 0.231 e. The van der Waals surface area contributed by atoms with Gasteiger partial charge in [0.25, 0.3) is 0 Å². The molecular formula is C13H8ClFN2OS. The molecule has 0 aliphatic carbocycles. The van der Waals surface area contributed by atoms with Crippen LogP contribution in [0.1, 0.15) is 0 Å². The van der Waals surface area contributed by atoms with E-state index in [2.05, 4.69) is 5.16 Å². The van der Waals surface area contributed by atoms with Crippen LogP contribution in [0.4, 0.5) is 10.3 Å². The summed E-state index contributed by atoms with van der Waals surface area (Å²) in [6, 6.07) is 8.16. The van der Waals surface area contributed by atoms with E-state index in [1.54, 1.807) is 12.1 Å². The first kappa shape index (κ1) is 12.2. The molecule has 96 valence electrons. The molecule has 2 heterocycles. The lowest BCUT2D eigenvalue weighted by Gasteiger charge is -2.02. The monoisotopic (exact) mass is 294 g/mol. The molecule has 1 aromatic carbocycles. The van der Waals surface area contributed by atoms with Crippen molar-refractivity contribution in [3.8, 4) is 21.7 Å². The van der Waals surface area contributed by atoms with Crippen LogP contribution in [0.5, 0.6) is 0 Å². The SMILES string of the molecule is Nc1onc(-c2ccc(Cl)cc2F)c1-c1cccs1. The molecule has 0 unspecified atom stereocenters. The van der Waals surface area contributed by atoms with Crippen LogP contribution in [0.15, 0.2) is 40.2 Å². The van der Waals surface area contributed by atoms with E-state index >= 15 is 0 Å². The summed E-state index contributed by atoms with van der Waals surface area (Å²) in [4.78, 5) is 0.878. The molecule has 0 aliphatic heterocycles. The fourth-order valence-corrected chi connectivity index (χ4v) is 2.76. The number of nitrogen functional groups attached to an aromatic ring is 1. The van der Waals surface area contributed by atoms with Crippen LogP contribution in [0.3, 0.4) is 0 Å². The van der Waals surface area contributed by atoms with Crippen molar-refractivity contribution in [2.24, 2.45) is 0 Å². The third kappa shape index (κ3) is 2.11. The molecule has 19 heavy (non-hydrogen) atoms. The predicted octanol–water partition coefficient (Wildman–Crippen LogP) is 4.44. The minimum Gasteiger partial charge on any atom is -0.367 e. The Morgan fingerprint density at radius 1 is 1.32 bits per heavy atom. The molecule has 0 fully saturated rings. The van der Waals surface area contributed by atoms with Gasteiger partial charge in [-0.05, 0) is 29.6 Å². The van der Waals surface area contributed by atoms with Gasteiger partial charge in [0.1, 0.15) is 11.5 Å². The van der Waals surface area contributed by atoms with Gasteiger partial charge in [0.2, 0.25) is 5.88 Å². The van der Waals surface area contributed by atoms with Crippen molar-refractivity contribution in [2.75, 3.05) is 5.73 Å². The van der Waals surface area contributed by atoms with E-state index in [0.29, 0.717) is 21.8 Å². The molecule has 0 saturated heterocycles. The summed E-state index contributed by atoms with van der Waals surface area (Å²) in [6.45, 7) is 0. The Bertz CT molecular complexity index is 724. The van der Waals surface area contributed by atoms with E-state index in [-0.39, 0.29) is 5.88 Å². The van der Waals surface area contributed by atoms with Crippen molar-refractivity contribution < 1.29 is 8.91 Å². The zero-order valence-corrected chi connectivity index (χ0v) is 11.1. The number of nitrogens with zero attached hydrogens (tertiary/aromatic N) is 1. The second kappa shape index (κ2) is 4.68. The third-order valence-corrected chi connectivity index (χ3v) is 3.79. The number of nitrogens with two attached hydrogens (primary N) is 1. The standard InChI is InChI=1S/C13H8ClFN2OS/c14-7-3-4-8(9(15)6-7)12-11(13(16)18-17-12)10-2-1-5-19-10/h1-6H,16H2. The fraction of sp³-hybridized carbons (Fsp3) is 0. The lowest BCUT2D eigenvalue weighted by molar-refractivity contribution is 0.439. The smallest absolute Gasteiger partial charge is 0.231 e. The van der Waals surface area contributed by atoms with Crippen LogP contribution in [0.2, 0.25) is 5.02 Å². The second-order valence-corrected chi connectivity index (χ2v) is 5.26. The largest absolute Gasteiger partial charge is 0.367 e. The predicted molar refractivity (Wildman–Crippen MR) is 74.6 cm³/mol. The average molecular weight is 295 g/mol. The van der Waals surface area contributed by atoms with Gasteiger partial charge in [0.15, 0.2) is 0 Å². The zero-order valence-electron chi connectivity index (χ0n) is 9.56. The van der Waals surface area contributed by atoms with Crippen LogP contribution in [0, 0.1) is 5.82 Å². The number of hydrogen-bond donors (Lipinski definition) is 1. The average Bonchev–Trinajstić information content (AvgIpc) is 2.98. The quantitative estimate of drug-likeness (QED) is 0.760. The van der Waals surface area contributed by atoms with Crippen LogP contribution in [-0.4, -0.2) is 5.16 Å². The summed E-state index contributed by atoms with van der Waals surface area (Å²) < 4.78 is 19.0. The number of hydrogen-bond acceptors (Lipinski definition) is 4. The Balaban J connectivity index is 2.21. The third-order valence-electron chi connectivity index (χ3n) is 2.67. The first-order chi connectivity index (χ1) is 9.16. The van der Waals surface area contributed by atoms with Crippen LogP contribution in [-0.2, 0) is 0 Å². The Labute approximate surface area is 117 Å². The lowest BCUT2D eigenvalue weighted by Crippen LogP contribution is -1.88. The van der Waals surface area contributed by atoms with Crippen LogP contribution >= 0.6 is 22.9 Å². The normalized spacial score (nSPS) is 10.8. The highest BCUT2D eigenvalue weighted by Gasteiger charge is 2.20. The fourth-order valence-electron chi connectivity index (χ4n) is 1.83. The molecule has 6 heteroatoms. The van der Waals surface area contributed by atoms with E-state index in [1.807, 2.05) is 17.5 Å². The van der Waals surface area contributed by atoms with E-state index in [0.717, 1.165) is 4.88 Å². The van der Waals surface area contributed by atoms with Gasteiger partial charge in [0.05, 0.1) is 5.56 Å². The van der Waals surface area contributed by atoms with Gasteiger partial charge in [-0.3, -0.25) is 0 Å². The Kier molecular flexibility index (Phi) is 3.00. The van der Waals surface area contributed by atoms with E-state index in [4.69, 9.17) is 21.9 Å². The van der Waals surface area contributed by atoms with Crippen molar-refractivity contribution in [2.45, 2.75) is 0 Å². The molecule has 3 rings (SSSR count). The number of halogens is 2. The number of aromatic nitrogens is 1. The summed E-state index contributed by atoms with van der Waals surface area (Å²) in [5.74, 6) is -0.287. The highest BCUT2D eigenvalue weighted by Crippen LogP contribution is 2.39. The van der Waals surface area contributed by atoms with Crippen LogP contribution in [0.25, 0.3) is 21.7 Å². The molecule has 0 radical (unpaired) electrons. The van der Waals surface area contributed by atoms with Gasteiger partial charge in [0, 0.05) is 15.5 Å². The minimum absolute atomic E-state index is 0.173. The lowest BCUT2D eigenvalue weighted by atomic mass is 10.1. The Hall–Kier alpha value is -1.85. The van der Waals surface area contributed by atoms with Gasteiger partial charge < -0.3 is 10.3 Å². The number of benzene rings is 1. The zero-order chi connectivity index (χ0) is 13.4. The molecule has 0 saturated carbocycles. The molecule has 0 aliphatic rings. The molecule has 2 aromatic heterocycles. The Morgan fingerprint density at radius 3 is 2.84 bits per heavy atom. The molecular weight excluding hydrogens is 287 g/mol. The van der Waals surface area contributed by atoms with Gasteiger partial charge in [-0.25, -0.2) is 4.39 Å². The van der Waals surface area contributed by atoms with Gasteiger partial charge in [-0.15, -0.1) is 11.3 Å². The van der Waals surface area contributed by atoms with Gasteiger partial charge in [-0.2, -0.15) is 0 Å². The molecule has 0 atom stereocenters. The molecule has 0 bridgehead atoms. The van der Waals surface area contributed by atoms with Crippen molar-refractivity contribution in [3.05, 3.63) is 46.6 Å². The first-order valence-corrected chi connectivity index (χ1v) is 6.67. The summed E-state index contributed by atoms with van der Waals surface area (Å²) in [5.41, 5.74) is 7.08. The number of anilines is 1. The maximum absolute atomic E-state index is 14.0. The molecule has 2 N–H and O–H groups in total. The summed E-state index contributed by atoms with van der Waals surface area (Å²) in [6.07, 6.45) is 0. The van der Waals surface area contributed by atoms with Crippen molar-refractivity contribution in [1.82, 2.24) is 5.16 Å². The summed E-state index contributed by atoms with van der Waals surface area (Å²) >= 11 is 7.23. The van der Waals surface area contributed by atoms with Crippen LogP contribution < -0.4 is 5.73 Å². The first-order valence-electron chi connectivity index (χ1n) is 5.41. The summed E-state index contributed by atoms with van der Waals surface area (Å²) in [7, 11) is 0. The molecule has 0 amide bonds.